The maximum absolute atomic E-state index is 12.5. The number of nitro groups is 1. The molecule has 1 aromatic rings. The predicted octanol–water partition coefficient (Wildman–Crippen LogP) is 2.82. The lowest BCUT2D eigenvalue weighted by Crippen LogP contribution is -2.14. The molecule has 18 heavy (non-hydrogen) atoms. The largest absolute Gasteiger partial charge is 0.421 e. The first-order valence-corrected chi connectivity index (χ1v) is 4.13. The van der Waals surface area contributed by atoms with Crippen LogP contribution in [0, 0.1) is 21.4 Å². The van der Waals surface area contributed by atoms with Gasteiger partial charge in [-0.2, -0.15) is 18.4 Å². The maximum Gasteiger partial charge on any atom is 0.421 e. The van der Waals surface area contributed by atoms with Crippen molar-refractivity contribution in [3.05, 3.63) is 33.0 Å². The average Bonchev–Trinajstić information content (AvgIpc) is 2.25. The molecule has 1 heterocycles. The summed E-state index contributed by atoms with van der Waals surface area (Å²) in [5, 5.41) is 18.7. The molecule has 96 valence electrons. The van der Waals surface area contributed by atoms with Crippen LogP contribution in [0.15, 0.2) is 6.07 Å². The number of aromatic nitrogens is 1. The zero-order valence-electron chi connectivity index (χ0n) is 8.20. The lowest BCUT2D eigenvalue weighted by molar-refractivity contribution is -0.389. The van der Waals surface area contributed by atoms with Crippen LogP contribution in [-0.4, -0.2) is 9.91 Å². The smallest absolute Gasteiger partial charge is 0.358 e. The van der Waals surface area contributed by atoms with Crippen molar-refractivity contribution in [2.24, 2.45) is 0 Å². The van der Waals surface area contributed by atoms with Crippen molar-refractivity contribution in [2.75, 3.05) is 0 Å². The molecular weight excluding hydrogens is 265 g/mol. The molecule has 0 aromatic carbocycles. The molecule has 0 saturated carbocycles. The van der Waals surface area contributed by atoms with E-state index in [1.165, 1.54) is 0 Å². The van der Waals surface area contributed by atoms with E-state index in [1.54, 1.807) is 0 Å². The van der Waals surface area contributed by atoms with Gasteiger partial charge in [0.2, 0.25) is 0 Å². The Kier molecular flexibility index (Phi) is 3.45. The number of halogens is 5. The number of hydrogen-bond donors (Lipinski definition) is 0. The molecular formula is C8H2F5N3O2. The fourth-order valence-electron chi connectivity index (χ4n) is 1.20. The molecule has 0 amide bonds. The summed E-state index contributed by atoms with van der Waals surface area (Å²) in [5.41, 5.74) is -5.04. The maximum atomic E-state index is 12.5. The van der Waals surface area contributed by atoms with Gasteiger partial charge in [-0.3, -0.25) is 0 Å². The van der Waals surface area contributed by atoms with Crippen molar-refractivity contribution < 1.29 is 26.9 Å². The number of pyridine rings is 1. The zero-order valence-corrected chi connectivity index (χ0v) is 8.20. The average molecular weight is 267 g/mol. The minimum absolute atomic E-state index is 0.00826. The number of rotatable bonds is 2. The summed E-state index contributed by atoms with van der Waals surface area (Å²) in [7, 11) is 0. The number of hydrogen-bond acceptors (Lipinski definition) is 4. The summed E-state index contributed by atoms with van der Waals surface area (Å²) in [5.74, 6) is -1.24. The molecule has 0 aliphatic rings. The summed E-state index contributed by atoms with van der Waals surface area (Å²) in [6.45, 7) is 0. The van der Waals surface area contributed by atoms with Crippen molar-refractivity contribution in [1.29, 1.82) is 5.26 Å². The summed E-state index contributed by atoms with van der Waals surface area (Å²) >= 11 is 0. The Balaban J connectivity index is 3.69. The molecule has 0 unspecified atom stereocenters. The highest BCUT2D eigenvalue weighted by Gasteiger charge is 2.42. The van der Waals surface area contributed by atoms with E-state index in [2.05, 4.69) is 4.98 Å². The number of alkyl halides is 5. The van der Waals surface area contributed by atoms with E-state index >= 15 is 0 Å². The first kappa shape index (κ1) is 13.8. The van der Waals surface area contributed by atoms with Gasteiger partial charge in [0.25, 0.3) is 12.1 Å². The molecule has 0 aliphatic heterocycles. The van der Waals surface area contributed by atoms with E-state index < -0.39 is 40.2 Å². The second-order valence-corrected chi connectivity index (χ2v) is 2.96. The molecule has 0 fully saturated rings. The van der Waals surface area contributed by atoms with Crippen molar-refractivity contribution in [1.82, 2.24) is 4.98 Å². The van der Waals surface area contributed by atoms with E-state index in [0.29, 0.717) is 0 Å². The standard InChI is InChI=1S/C8H2F5N3O2/c9-7(10)3-1-5(16(17)18)15-4(2-14)6(3)8(11,12)13/h1,7H. The fourth-order valence-corrected chi connectivity index (χ4v) is 1.20. The minimum atomic E-state index is -5.25. The Morgan fingerprint density at radius 3 is 2.33 bits per heavy atom. The molecule has 10 heteroatoms. The predicted molar refractivity (Wildman–Crippen MR) is 45.6 cm³/mol. The second-order valence-electron chi connectivity index (χ2n) is 2.96. The third kappa shape index (κ3) is 2.50. The fraction of sp³-hybridized carbons (Fsp3) is 0.250. The second kappa shape index (κ2) is 4.52. The van der Waals surface area contributed by atoms with Crippen molar-refractivity contribution >= 4 is 5.82 Å². The monoisotopic (exact) mass is 267 g/mol. The van der Waals surface area contributed by atoms with Gasteiger partial charge in [-0.05, 0) is 9.91 Å². The highest BCUT2D eigenvalue weighted by molar-refractivity contribution is 5.45. The highest BCUT2D eigenvalue weighted by Crippen LogP contribution is 2.39. The number of nitrogens with zero attached hydrogens (tertiary/aromatic N) is 3. The lowest BCUT2D eigenvalue weighted by Gasteiger charge is -2.11. The van der Waals surface area contributed by atoms with Gasteiger partial charge in [0, 0.05) is 11.6 Å². The molecule has 1 rings (SSSR count). The topological polar surface area (TPSA) is 79.8 Å². The Morgan fingerprint density at radius 2 is 2.00 bits per heavy atom. The van der Waals surface area contributed by atoms with Gasteiger partial charge in [0.15, 0.2) is 0 Å². The van der Waals surface area contributed by atoms with Crippen LogP contribution >= 0.6 is 0 Å². The van der Waals surface area contributed by atoms with Crippen molar-refractivity contribution in [3.8, 4) is 6.07 Å². The third-order valence-electron chi connectivity index (χ3n) is 1.85. The van der Waals surface area contributed by atoms with Gasteiger partial charge >= 0.3 is 12.0 Å². The van der Waals surface area contributed by atoms with Crippen LogP contribution in [0.3, 0.4) is 0 Å². The van der Waals surface area contributed by atoms with Gasteiger partial charge in [-0.1, -0.05) is 0 Å². The number of nitriles is 1. The van der Waals surface area contributed by atoms with Crippen molar-refractivity contribution in [2.45, 2.75) is 12.6 Å². The molecule has 0 bridgehead atoms. The van der Waals surface area contributed by atoms with Gasteiger partial charge in [-0.25, -0.2) is 8.78 Å². The first-order valence-electron chi connectivity index (χ1n) is 4.13. The summed E-state index contributed by atoms with van der Waals surface area (Å²) < 4.78 is 62.4. The molecule has 1 aromatic heterocycles. The quantitative estimate of drug-likeness (QED) is 0.468. The summed E-state index contributed by atoms with van der Waals surface area (Å²) in [4.78, 5) is 11.8. The zero-order chi connectivity index (χ0) is 14.1. The van der Waals surface area contributed by atoms with E-state index in [1.807, 2.05) is 0 Å². The Hall–Kier alpha value is -2.31. The van der Waals surface area contributed by atoms with E-state index in [4.69, 9.17) is 5.26 Å². The van der Waals surface area contributed by atoms with Crippen LogP contribution in [0.5, 0.6) is 0 Å². The van der Waals surface area contributed by atoms with Gasteiger partial charge in [-0.15, -0.1) is 0 Å². The van der Waals surface area contributed by atoms with Gasteiger partial charge < -0.3 is 10.1 Å². The van der Waals surface area contributed by atoms with E-state index in [-0.39, 0.29) is 6.07 Å². The lowest BCUT2D eigenvalue weighted by atomic mass is 10.1. The van der Waals surface area contributed by atoms with Gasteiger partial charge in [0.1, 0.15) is 11.6 Å². The molecule has 0 N–H and O–H groups in total. The SMILES string of the molecule is N#Cc1nc([N+](=O)[O-])cc(C(F)F)c1C(F)(F)F. The third-order valence-corrected chi connectivity index (χ3v) is 1.85. The van der Waals surface area contributed by atoms with Crippen LogP contribution in [0.25, 0.3) is 0 Å². The molecule has 0 radical (unpaired) electrons. The minimum Gasteiger partial charge on any atom is -0.358 e. The highest BCUT2D eigenvalue weighted by atomic mass is 19.4. The van der Waals surface area contributed by atoms with E-state index in [0.717, 1.165) is 6.07 Å². The molecule has 5 nitrogen and oxygen atoms in total. The first-order chi connectivity index (χ1) is 8.18. The Bertz CT molecular complexity index is 535. The van der Waals surface area contributed by atoms with Crippen LogP contribution in [0.4, 0.5) is 27.8 Å². The van der Waals surface area contributed by atoms with Crippen molar-refractivity contribution in [3.63, 3.8) is 0 Å². The summed E-state index contributed by atoms with van der Waals surface area (Å²) in [6, 6.07) is 0.932. The van der Waals surface area contributed by atoms with Crippen LogP contribution < -0.4 is 0 Å². The molecule has 0 saturated heterocycles. The van der Waals surface area contributed by atoms with Crippen LogP contribution in [-0.2, 0) is 6.18 Å². The van der Waals surface area contributed by atoms with E-state index in [9.17, 15) is 32.1 Å². The Labute approximate surface area is 95.6 Å². The normalized spacial score (nSPS) is 11.4. The summed E-state index contributed by atoms with van der Waals surface area (Å²) in [6.07, 6.45) is -8.87. The van der Waals surface area contributed by atoms with Crippen LogP contribution in [0.1, 0.15) is 23.2 Å². The molecule has 0 aliphatic carbocycles. The van der Waals surface area contributed by atoms with Crippen LogP contribution in [0.2, 0.25) is 0 Å². The molecule has 0 spiro atoms. The van der Waals surface area contributed by atoms with Gasteiger partial charge in [0.05, 0.1) is 0 Å². The Morgan fingerprint density at radius 1 is 1.44 bits per heavy atom. The molecule has 0 atom stereocenters.